The van der Waals surface area contributed by atoms with Crippen LogP contribution < -0.4 is 5.73 Å². The molecule has 1 aromatic heterocycles. The standard InChI is InChI=1S/C14H27N5O/c1-6-19-13(12(15)9-16-19)14(20)18(10-11(2)3)8-7-17(4)5/h9,11H,6-8,10,15H2,1-5H3. The van der Waals surface area contributed by atoms with Crippen molar-refractivity contribution in [2.75, 3.05) is 39.5 Å². The van der Waals surface area contributed by atoms with Crippen molar-refractivity contribution in [2.45, 2.75) is 27.3 Å². The average Bonchev–Trinajstić information content (AvgIpc) is 2.74. The Morgan fingerprint density at radius 2 is 2.05 bits per heavy atom. The molecule has 0 aliphatic carbocycles. The molecule has 20 heavy (non-hydrogen) atoms. The molecule has 0 radical (unpaired) electrons. The minimum atomic E-state index is -0.0302. The predicted molar refractivity (Wildman–Crippen MR) is 81.6 cm³/mol. The van der Waals surface area contributed by atoms with E-state index in [0.29, 0.717) is 30.4 Å². The summed E-state index contributed by atoms with van der Waals surface area (Å²) in [4.78, 5) is 16.7. The van der Waals surface area contributed by atoms with E-state index in [9.17, 15) is 4.79 Å². The molecule has 6 heteroatoms. The lowest BCUT2D eigenvalue weighted by Gasteiger charge is -2.26. The molecule has 0 aliphatic rings. The lowest BCUT2D eigenvalue weighted by atomic mass is 10.2. The molecule has 0 unspecified atom stereocenters. The van der Waals surface area contributed by atoms with Crippen molar-refractivity contribution in [3.05, 3.63) is 11.9 Å². The first-order chi connectivity index (χ1) is 9.36. The van der Waals surface area contributed by atoms with Gasteiger partial charge in [0.25, 0.3) is 5.91 Å². The largest absolute Gasteiger partial charge is 0.396 e. The fourth-order valence-electron chi connectivity index (χ4n) is 2.06. The number of anilines is 1. The first-order valence-corrected chi connectivity index (χ1v) is 7.12. The summed E-state index contributed by atoms with van der Waals surface area (Å²) < 4.78 is 1.67. The monoisotopic (exact) mass is 281 g/mol. The maximum Gasteiger partial charge on any atom is 0.274 e. The summed E-state index contributed by atoms with van der Waals surface area (Å²) in [7, 11) is 4.01. The molecule has 1 heterocycles. The highest BCUT2D eigenvalue weighted by atomic mass is 16.2. The summed E-state index contributed by atoms with van der Waals surface area (Å²) >= 11 is 0. The Morgan fingerprint density at radius 3 is 2.55 bits per heavy atom. The number of amides is 1. The summed E-state index contributed by atoms with van der Waals surface area (Å²) in [6.07, 6.45) is 1.55. The predicted octanol–water partition coefficient (Wildman–Crippen LogP) is 1.14. The zero-order chi connectivity index (χ0) is 15.3. The van der Waals surface area contributed by atoms with E-state index in [4.69, 9.17) is 5.73 Å². The van der Waals surface area contributed by atoms with E-state index in [0.717, 1.165) is 13.1 Å². The van der Waals surface area contributed by atoms with E-state index in [1.807, 2.05) is 25.9 Å². The molecule has 0 spiro atoms. The maximum atomic E-state index is 12.7. The van der Waals surface area contributed by atoms with Gasteiger partial charge >= 0.3 is 0 Å². The van der Waals surface area contributed by atoms with Gasteiger partial charge in [-0.2, -0.15) is 5.10 Å². The number of hydrogen-bond acceptors (Lipinski definition) is 4. The quantitative estimate of drug-likeness (QED) is 0.814. The number of likely N-dealkylation sites (N-methyl/N-ethyl adjacent to an activating group) is 1. The van der Waals surface area contributed by atoms with Crippen LogP contribution in [0.25, 0.3) is 0 Å². The van der Waals surface area contributed by atoms with E-state index in [1.54, 1.807) is 10.9 Å². The van der Waals surface area contributed by atoms with Gasteiger partial charge in [0.15, 0.2) is 0 Å². The normalized spacial score (nSPS) is 11.3. The van der Waals surface area contributed by atoms with Crippen LogP contribution in [0.3, 0.4) is 0 Å². The first kappa shape index (κ1) is 16.5. The van der Waals surface area contributed by atoms with Crippen molar-refractivity contribution >= 4 is 11.6 Å². The van der Waals surface area contributed by atoms with E-state index in [2.05, 4.69) is 23.8 Å². The molecule has 2 N–H and O–H groups in total. The van der Waals surface area contributed by atoms with Crippen LogP contribution in [-0.4, -0.2) is 59.2 Å². The Labute approximate surface area is 121 Å². The van der Waals surface area contributed by atoms with Gasteiger partial charge < -0.3 is 15.5 Å². The van der Waals surface area contributed by atoms with Gasteiger partial charge in [-0.05, 0) is 26.9 Å². The molecule has 0 bridgehead atoms. The number of carbonyl (C=O) groups is 1. The molecule has 0 aromatic carbocycles. The van der Waals surface area contributed by atoms with Gasteiger partial charge in [0, 0.05) is 26.2 Å². The van der Waals surface area contributed by atoms with Gasteiger partial charge in [-0.25, -0.2) is 0 Å². The highest BCUT2D eigenvalue weighted by Gasteiger charge is 2.23. The van der Waals surface area contributed by atoms with Crippen molar-refractivity contribution in [1.82, 2.24) is 19.6 Å². The van der Waals surface area contributed by atoms with Crippen molar-refractivity contribution in [3.63, 3.8) is 0 Å². The molecule has 0 fully saturated rings. The molecule has 1 amide bonds. The summed E-state index contributed by atoms with van der Waals surface area (Å²) in [5, 5.41) is 4.15. The average molecular weight is 281 g/mol. The van der Waals surface area contributed by atoms with E-state index in [-0.39, 0.29) is 5.91 Å². The number of aryl methyl sites for hydroxylation is 1. The molecule has 6 nitrogen and oxygen atoms in total. The number of nitrogen functional groups attached to an aromatic ring is 1. The zero-order valence-electron chi connectivity index (χ0n) is 13.3. The zero-order valence-corrected chi connectivity index (χ0v) is 13.3. The molecule has 0 saturated carbocycles. The third-order valence-corrected chi connectivity index (χ3v) is 3.06. The van der Waals surface area contributed by atoms with Crippen LogP contribution in [0.5, 0.6) is 0 Å². The fourth-order valence-corrected chi connectivity index (χ4v) is 2.06. The smallest absolute Gasteiger partial charge is 0.274 e. The minimum Gasteiger partial charge on any atom is -0.396 e. The number of rotatable bonds is 7. The minimum absolute atomic E-state index is 0.0302. The number of nitrogens with two attached hydrogens (primary N) is 1. The Balaban J connectivity index is 2.93. The molecular formula is C14H27N5O. The lowest BCUT2D eigenvalue weighted by molar-refractivity contribution is 0.0713. The van der Waals surface area contributed by atoms with Gasteiger partial charge in [0.1, 0.15) is 5.69 Å². The van der Waals surface area contributed by atoms with E-state index in [1.165, 1.54) is 0 Å². The molecule has 114 valence electrons. The van der Waals surface area contributed by atoms with Crippen molar-refractivity contribution in [1.29, 1.82) is 0 Å². The second-order valence-corrected chi connectivity index (χ2v) is 5.71. The van der Waals surface area contributed by atoms with Crippen LogP contribution in [0.2, 0.25) is 0 Å². The van der Waals surface area contributed by atoms with Crippen LogP contribution in [0, 0.1) is 5.92 Å². The van der Waals surface area contributed by atoms with Crippen molar-refractivity contribution < 1.29 is 4.79 Å². The Morgan fingerprint density at radius 1 is 1.40 bits per heavy atom. The number of hydrogen-bond donors (Lipinski definition) is 1. The number of carbonyl (C=O) groups excluding carboxylic acids is 1. The van der Waals surface area contributed by atoms with Gasteiger partial charge in [-0.1, -0.05) is 13.8 Å². The maximum absolute atomic E-state index is 12.7. The molecule has 0 atom stereocenters. The van der Waals surface area contributed by atoms with Gasteiger partial charge in [0.2, 0.25) is 0 Å². The third kappa shape index (κ3) is 4.23. The first-order valence-electron chi connectivity index (χ1n) is 7.12. The molecule has 1 aromatic rings. The topological polar surface area (TPSA) is 67.4 Å². The van der Waals surface area contributed by atoms with Crippen LogP contribution in [-0.2, 0) is 6.54 Å². The second kappa shape index (κ2) is 7.28. The fraction of sp³-hybridized carbons (Fsp3) is 0.714. The van der Waals surface area contributed by atoms with E-state index < -0.39 is 0 Å². The molecule has 0 aliphatic heterocycles. The Hall–Kier alpha value is -1.56. The van der Waals surface area contributed by atoms with Crippen LogP contribution in [0.1, 0.15) is 31.3 Å². The van der Waals surface area contributed by atoms with Gasteiger partial charge in [-0.3, -0.25) is 9.48 Å². The summed E-state index contributed by atoms with van der Waals surface area (Å²) in [5.74, 6) is 0.387. The van der Waals surface area contributed by atoms with E-state index >= 15 is 0 Å². The molecule has 0 saturated heterocycles. The second-order valence-electron chi connectivity index (χ2n) is 5.71. The molecular weight excluding hydrogens is 254 g/mol. The van der Waals surface area contributed by atoms with Crippen LogP contribution in [0.15, 0.2) is 6.20 Å². The van der Waals surface area contributed by atoms with Crippen LogP contribution >= 0.6 is 0 Å². The Kier molecular flexibility index (Phi) is 6.01. The summed E-state index contributed by atoms with van der Waals surface area (Å²) in [6, 6.07) is 0. The summed E-state index contributed by atoms with van der Waals surface area (Å²) in [5.41, 5.74) is 6.86. The van der Waals surface area contributed by atoms with Crippen LogP contribution in [0.4, 0.5) is 5.69 Å². The highest BCUT2D eigenvalue weighted by molar-refractivity contribution is 5.97. The lowest BCUT2D eigenvalue weighted by Crippen LogP contribution is -2.40. The van der Waals surface area contributed by atoms with Gasteiger partial charge in [-0.15, -0.1) is 0 Å². The van der Waals surface area contributed by atoms with Crippen molar-refractivity contribution in [2.24, 2.45) is 5.92 Å². The number of nitrogens with zero attached hydrogens (tertiary/aromatic N) is 4. The van der Waals surface area contributed by atoms with Crippen molar-refractivity contribution in [3.8, 4) is 0 Å². The SMILES string of the molecule is CCn1ncc(N)c1C(=O)N(CCN(C)C)CC(C)C. The Bertz CT molecular complexity index is 439. The van der Waals surface area contributed by atoms with Gasteiger partial charge in [0.05, 0.1) is 11.9 Å². The third-order valence-electron chi connectivity index (χ3n) is 3.06. The summed E-state index contributed by atoms with van der Waals surface area (Å²) in [6.45, 7) is 9.06. The molecule has 1 rings (SSSR count). The highest BCUT2D eigenvalue weighted by Crippen LogP contribution is 2.15. The number of aromatic nitrogens is 2.